The van der Waals surface area contributed by atoms with Gasteiger partial charge in [0, 0.05) is 61.8 Å². The van der Waals surface area contributed by atoms with Crippen molar-refractivity contribution in [3.05, 3.63) is 71.6 Å². The molecule has 0 spiro atoms. The summed E-state index contributed by atoms with van der Waals surface area (Å²) in [6, 6.07) is 14.4. The molecule has 0 saturated carbocycles. The number of benzene rings is 2. The summed E-state index contributed by atoms with van der Waals surface area (Å²) >= 11 is 6.01. The van der Waals surface area contributed by atoms with E-state index in [2.05, 4.69) is 22.0 Å². The van der Waals surface area contributed by atoms with Gasteiger partial charge in [0.15, 0.2) is 9.84 Å². The lowest BCUT2D eigenvalue weighted by atomic mass is 10.1. The normalized spacial score (nSPS) is 14.8. The van der Waals surface area contributed by atoms with Crippen molar-refractivity contribution < 1.29 is 13.2 Å². The molecule has 0 N–H and O–H groups in total. The summed E-state index contributed by atoms with van der Waals surface area (Å²) in [6.45, 7) is 4.49. The number of halogens is 1. The van der Waals surface area contributed by atoms with E-state index in [4.69, 9.17) is 11.6 Å². The summed E-state index contributed by atoms with van der Waals surface area (Å²) in [5.74, 6) is -0.337. The van der Waals surface area contributed by atoms with E-state index < -0.39 is 9.84 Å². The van der Waals surface area contributed by atoms with Gasteiger partial charge < -0.3 is 14.2 Å². The average molecular weight is 497 g/mol. The van der Waals surface area contributed by atoms with Crippen LogP contribution in [0, 0.1) is 6.92 Å². The number of sulfone groups is 1. The van der Waals surface area contributed by atoms with Crippen LogP contribution in [-0.2, 0) is 14.6 Å². The van der Waals surface area contributed by atoms with Crippen LogP contribution in [-0.4, -0.2) is 60.5 Å². The average Bonchev–Trinajstić information content (AvgIpc) is 3.21. The summed E-state index contributed by atoms with van der Waals surface area (Å²) in [4.78, 5) is 21.5. The molecule has 0 bridgehead atoms. The second-order valence-corrected chi connectivity index (χ2v) is 11.2. The quantitative estimate of drug-likeness (QED) is 0.418. The molecule has 1 saturated heterocycles. The molecule has 2 aromatic carbocycles. The molecule has 4 aromatic rings. The fourth-order valence-electron chi connectivity index (χ4n) is 4.39. The Morgan fingerprint density at radius 1 is 1.00 bits per heavy atom. The Bertz CT molecular complexity index is 1490. The second-order valence-electron chi connectivity index (χ2n) is 8.62. The number of carbonyl (C=O) groups excluding carboxylic acids is 1. The maximum absolute atomic E-state index is 12.9. The number of fused-ring (bicyclic) bond motifs is 2. The maximum atomic E-state index is 12.9. The number of hydrogen-bond acceptors (Lipinski definition) is 5. The fraction of sp³-hybridized carbons (Fsp3) is 0.280. The molecule has 0 aliphatic carbocycles. The molecular formula is C25H25ClN4O3S. The molecule has 1 aliphatic heterocycles. The monoisotopic (exact) mass is 496 g/mol. The predicted octanol–water partition coefficient (Wildman–Crippen LogP) is 3.96. The van der Waals surface area contributed by atoms with Crippen molar-refractivity contribution in [2.24, 2.45) is 0 Å². The molecule has 1 amide bonds. The van der Waals surface area contributed by atoms with Crippen LogP contribution in [0.25, 0.3) is 16.4 Å². The van der Waals surface area contributed by atoms with E-state index in [9.17, 15) is 13.2 Å². The molecule has 1 fully saturated rings. The number of anilines is 1. The lowest BCUT2D eigenvalue weighted by Gasteiger charge is -2.36. The second kappa shape index (κ2) is 8.92. The van der Waals surface area contributed by atoms with Gasteiger partial charge in [-0.3, -0.25) is 4.79 Å². The standard InChI is InChI=1S/C25H25ClN4O3S/c1-18-17-30-8-6-22(16-24(30)27-18)28-9-11-29(12-10-28)25(31)7-13-34(32,33)23-5-3-19-14-21(26)4-2-20(19)15-23/h2-6,8,14-17H,7,9-13H2,1H3. The van der Waals surface area contributed by atoms with E-state index in [1.54, 1.807) is 41.3 Å². The van der Waals surface area contributed by atoms with E-state index in [1.165, 1.54) is 0 Å². The zero-order chi connectivity index (χ0) is 23.9. The molecule has 34 heavy (non-hydrogen) atoms. The number of hydrogen-bond donors (Lipinski definition) is 0. The van der Waals surface area contributed by atoms with Crippen LogP contribution >= 0.6 is 11.6 Å². The smallest absolute Gasteiger partial charge is 0.223 e. The Balaban J connectivity index is 1.19. The van der Waals surface area contributed by atoms with Crippen molar-refractivity contribution in [1.82, 2.24) is 14.3 Å². The van der Waals surface area contributed by atoms with Crippen molar-refractivity contribution in [2.75, 3.05) is 36.8 Å². The molecule has 3 heterocycles. The Kier molecular flexibility index (Phi) is 5.95. The molecule has 0 unspecified atom stereocenters. The molecule has 7 nitrogen and oxygen atoms in total. The highest BCUT2D eigenvalue weighted by Gasteiger charge is 2.24. The summed E-state index contributed by atoms with van der Waals surface area (Å²) in [7, 11) is -3.57. The van der Waals surface area contributed by atoms with E-state index in [0.717, 1.165) is 27.8 Å². The highest BCUT2D eigenvalue weighted by molar-refractivity contribution is 7.91. The van der Waals surface area contributed by atoms with E-state index in [0.29, 0.717) is 31.2 Å². The number of imidazole rings is 1. The van der Waals surface area contributed by atoms with E-state index >= 15 is 0 Å². The van der Waals surface area contributed by atoms with Crippen LogP contribution in [0.15, 0.2) is 65.8 Å². The van der Waals surface area contributed by atoms with Crippen LogP contribution in [0.4, 0.5) is 5.69 Å². The van der Waals surface area contributed by atoms with Crippen molar-refractivity contribution in [1.29, 1.82) is 0 Å². The molecule has 5 rings (SSSR count). The van der Waals surface area contributed by atoms with Crippen molar-refractivity contribution >= 4 is 49.5 Å². The Morgan fingerprint density at radius 2 is 1.74 bits per heavy atom. The lowest BCUT2D eigenvalue weighted by Crippen LogP contribution is -2.49. The van der Waals surface area contributed by atoms with Crippen LogP contribution < -0.4 is 4.90 Å². The van der Waals surface area contributed by atoms with Gasteiger partial charge in [-0.15, -0.1) is 0 Å². The van der Waals surface area contributed by atoms with Gasteiger partial charge >= 0.3 is 0 Å². The van der Waals surface area contributed by atoms with Crippen LogP contribution in [0.5, 0.6) is 0 Å². The molecule has 9 heteroatoms. The fourth-order valence-corrected chi connectivity index (χ4v) is 5.84. The van der Waals surface area contributed by atoms with Crippen molar-refractivity contribution in [3.8, 4) is 0 Å². The molecule has 0 atom stereocenters. The molecule has 1 aliphatic rings. The molecule has 176 valence electrons. The number of piperazine rings is 1. The number of rotatable bonds is 5. The zero-order valence-electron chi connectivity index (χ0n) is 18.8. The van der Waals surface area contributed by atoms with Gasteiger partial charge in [0.25, 0.3) is 0 Å². The first-order chi connectivity index (χ1) is 16.3. The first-order valence-corrected chi connectivity index (χ1v) is 13.2. The van der Waals surface area contributed by atoms with Crippen LogP contribution in [0.3, 0.4) is 0 Å². The molecule has 0 radical (unpaired) electrons. The third kappa shape index (κ3) is 4.60. The van der Waals surface area contributed by atoms with Crippen LogP contribution in [0.1, 0.15) is 12.1 Å². The highest BCUT2D eigenvalue weighted by atomic mass is 35.5. The van der Waals surface area contributed by atoms with Gasteiger partial charge in [-0.1, -0.05) is 23.7 Å². The van der Waals surface area contributed by atoms with E-state index in [1.807, 2.05) is 23.7 Å². The van der Waals surface area contributed by atoms with Gasteiger partial charge in [-0.25, -0.2) is 13.4 Å². The minimum Gasteiger partial charge on any atom is -0.368 e. The van der Waals surface area contributed by atoms with Crippen molar-refractivity contribution in [3.63, 3.8) is 0 Å². The van der Waals surface area contributed by atoms with Gasteiger partial charge in [0.1, 0.15) is 5.65 Å². The first kappa shape index (κ1) is 22.7. The Morgan fingerprint density at radius 3 is 2.53 bits per heavy atom. The summed E-state index contributed by atoms with van der Waals surface area (Å²) in [6.07, 6.45) is 3.95. The van der Waals surface area contributed by atoms with Gasteiger partial charge in [0.05, 0.1) is 16.3 Å². The van der Waals surface area contributed by atoms with Crippen LogP contribution in [0.2, 0.25) is 5.02 Å². The number of nitrogens with zero attached hydrogens (tertiary/aromatic N) is 4. The van der Waals surface area contributed by atoms with Gasteiger partial charge in [0.2, 0.25) is 5.91 Å². The lowest BCUT2D eigenvalue weighted by molar-refractivity contribution is -0.131. The van der Waals surface area contributed by atoms with Gasteiger partial charge in [-0.05, 0) is 48.0 Å². The number of pyridine rings is 1. The van der Waals surface area contributed by atoms with Gasteiger partial charge in [-0.2, -0.15) is 0 Å². The summed E-state index contributed by atoms with van der Waals surface area (Å²) < 4.78 is 27.7. The maximum Gasteiger partial charge on any atom is 0.223 e. The number of aryl methyl sites for hydroxylation is 1. The highest BCUT2D eigenvalue weighted by Crippen LogP contribution is 2.24. The first-order valence-electron chi connectivity index (χ1n) is 11.2. The van der Waals surface area contributed by atoms with E-state index in [-0.39, 0.29) is 23.0 Å². The topological polar surface area (TPSA) is 75.0 Å². The summed E-state index contributed by atoms with van der Waals surface area (Å²) in [5.41, 5.74) is 2.94. The number of amides is 1. The third-order valence-corrected chi connectivity index (χ3v) is 8.23. The zero-order valence-corrected chi connectivity index (χ0v) is 20.4. The number of aromatic nitrogens is 2. The molecule has 2 aromatic heterocycles. The Hall–Kier alpha value is -3.10. The number of carbonyl (C=O) groups is 1. The summed E-state index contributed by atoms with van der Waals surface area (Å²) in [5, 5.41) is 2.28. The largest absolute Gasteiger partial charge is 0.368 e. The SMILES string of the molecule is Cc1cn2ccc(N3CCN(C(=O)CCS(=O)(=O)c4ccc5cc(Cl)ccc5c4)CC3)cc2n1. The molecular weight excluding hydrogens is 472 g/mol. The minimum absolute atomic E-state index is 0.0275. The predicted molar refractivity (Wildman–Crippen MR) is 134 cm³/mol. The Labute approximate surface area is 203 Å². The minimum atomic E-state index is -3.57. The van der Waals surface area contributed by atoms with Crippen molar-refractivity contribution in [2.45, 2.75) is 18.2 Å². The third-order valence-electron chi connectivity index (χ3n) is 6.28.